The number of fused-ring (bicyclic) bond motifs is 1. The van der Waals surface area contributed by atoms with E-state index in [1.54, 1.807) is 60.4 Å². The zero-order valence-corrected chi connectivity index (χ0v) is 16.8. The fourth-order valence-corrected chi connectivity index (χ4v) is 3.51. The molecule has 2 aromatic heterocycles. The minimum atomic E-state index is -0.768. The third kappa shape index (κ3) is 3.86. The molecule has 4 aromatic rings. The molecule has 9 heteroatoms. The molecule has 4 rings (SSSR count). The minimum Gasteiger partial charge on any atom is -0.408 e. The van der Waals surface area contributed by atoms with Gasteiger partial charge in [0.1, 0.15) is 17.7 Å². The molecule has 1 amide bonds. The van der Waals surface area contributed by atoms with Crippen molar-refractivity contribution in [2.75, 3.05) is 0 Å². The number of aryl methyl sites for hydroxylation is 2. The first-order chi connectivity index (χ1) is 14.4. The van der Waals surface area contributed by atoms with Crippen LogP contribution in [0.1, 0.15) is 23.9 Å². The second-order valence-corrected chi connectivity index (χ2v) is 7.24. The molecular formula is C21H18ClFN4O3. The average molecular weight is 429 g/mol. The van der Waals surface area contributed by atoms with Gasteiger partial charge in [0.25, 0.3) is 0 Å². The number of carbonyl (C=O) groups excluding carboxylic acids is 1. The number of nitrogens with zero attached hydrogens (tertiary/aromatic N) is 3. The third-order valence-electron chi connectivity index (χ3n) is 4.83. The van der Waals surface area contributed by atoms with Crippen LogP contribution < -0.4 is 11.1 Å². The number of benzene rings is 2. The van der Waals surface area contributed by atoms with Crippen molar-refractivity contribution >= 4 is 28.6 Å². The van der Waals surface area contributed by atoms with Crippen LogP contribution in [0.4, 0.5) is 4.39 Å². The van der Waals surface area contributed by atoms with Crippen molar-refractivity contribution in [3.05, 3.63) is 87.6 Å². The van der Waals surface area contributed by atoms with E-state index in [1.807, 2.05) is 0 Å². The van der Waals surface area contributed by atoms with E-state index in [4.69, 9.17) is 16.0 Å². The summed E-state index contributed by atoms with van der Waals surface area (Å²) >= 11 is 5.92. The number of halogens is 2. The topological polar surface area (TPSA) is 82.1 Å². The second kappa shape index (κ2) is 8.16. The van der Waals surface area contributed by atoms with Gasteiger partial charge in [0.15, 0.2) is 5.58 Å². The monoisotopic (exact) mass is 428 g/mol. The highest BCUT2D eigenvalue weighted by atomic mass is 35.5. The van der Waals surface area contributed by atoms with Gasteiger partial charge in [0.05, 0.1) is 5.52 Å². The predicted molar refractivity (Wildman–Crippen MR) is 110 cm³/mol. The van der Waals surface area contributed by atoms with E-state index < -0.39 is 17.6 Å². The van der Waals surface area contributed by atoms with Crippen molar-refractivity contribution < 1.29 is 13.6 Å². The summed E-state index contributed by atoms with van der Waals surface area (Å²) in [5, 5.41) is 3.28. The number of aromatic nitrogens is 3. The van der Waals surface area contributed by atoms with Gasteiger partial charge in [-0.1, -0.05) is 29.8 Å². The molecule has 0 saturated heterocycles. The van der Waals surface area contributed by atoms with Gasteiger partial charge < -0.3 is 14.3 Å². The number of carbonyl (C=O) groups is 1. The average Bonchev–Trinajstić information content (AvgIpc) is 3.27. The van der Waals surface area contributed by atoms with Gasteiger partial charge in [-0.05, 0) is 18.2 Å². The van der Waals surface area contributed by atoms with E-state index in [-0.39, 0.29) is 18.9 Å². The summed E-state index contributed by atoms with van der Waals surface area (Å²) in [5.41, 5.74) is 1.21. The molecule has 0 spiro atoms. The standard InChI is InChI=1S/C21H18ClFN4O3/c1-26-11-9-24-20(26)19(14-4-2-3-5-15(14)23)25-18(28)8-10-27-16-7-6-13(22)12-17(16)30-21(27)29/h2-7,9,11-12,19H,8,10H2,1H3,(H,25,28)/t19-/m1/s1. The molecule has 0 aliphatic heterocycles. The molecule has 0 unspecified atom stereocenters. The second-order valence-electron chi connectivity index (χ2n) is 6.80. The summed E-state index contributed by atoms with van der Waals surface area (Å²) in [7, 11) is 1.77. The van der Waals surface area contributed by atoms with E-state index in [2.05, 4.69) is 10.3 Å². The molecule has 1 N–H and O–H groups in total. The maximum Gasteiger partial charge on any atom is 0.419 e. The molecule has 0 bridgehead atoms. The third-order valence-corrected chi connectivity index (χ3v) is 5.07. The molecule has 1 atom stereocenters. The summed E-state index contributed by atoms with van der Waals surface area (Å²) < 4.78 is 22.7. The lowest BCUT2D eigenvalue weighted by Gasteiger charge is -2.19. The largest absolute Gasteiger partial charge is 0.419 e. The highest BCUT2D eigenvalue weighted by Crippen LogP contribution is 2.23. The Balaban J connectivity index is 1.56. The van der Waals surface area contributed by atoms with Crippen LogP contribution in [0.15, 0.2) is 64.1 Å². The van der Waals surface area contributed by atoms with Crippen molar-refractivity contribution in [3.63, 3.8) is 0 Å². The van der Waals surface area contributed by atoms with Crippen molar-refractivity contribution in [1.82, 2.24) is 19.4 Å². The highest BCUT2D eigenvalue weighted by Gasteiger charge is 2.23. The molecule has 0 fully saturated rings. The quantitative estimate of drug-likeness (QED) is 0.510. The number of nitrogens with one attached hydrogen (secondary N) is 1. The van der Waals surface area contributed by atoms with Crippen molar-refractivity contribution in [3.8, 4) is 0 Å². The van der Waals surface area contributed by atoms with E-state index in [9.17, 15) is 14.0 Å². The molecule has 0 saturated carbocycles. The number of hydrogen-bond donors (Lipinski definition) is 1. The van der Waals surface area contributed by atoms with E-state index in [0.717, 1.165) is 0 Å². The van der Waals surface area contributed by atoms with Crippen LogP contribution in [0.3, 0.4) is 0 Å². The van der Waals surface area contributed by atoms with Crippen molar-refractivity contribution in [2.45, 2.75) is 19.0 Å². The smallest absolute Gasteiger partial charge is 0.408 e. The molecule has 0 aliphatic rings. The van der Waals surface area contributed by atoms with Gasteiger partial charge in [-0.15, -0.1) is 0 Å². The number of rotatable bonds is 6. The summed E-state index contributed by atoms with van der Waals surface area (Å²) in [6, 6.07) is 10.3. The van der Waals surface area contributed by atoms with Gasteiger partial charge in [-0.2, -0.15) is 0 Å². The molecule has 7 nitrogen and oxygen atoms in total. The number of imidazole rings is 1. The van der Waals surface area contributed by atoms with Crippen LogP contribution in [-0.2, 0) is 18.4 Å². The van der Waals surface area contributed by atoms with Gasteiger partial charge in [0, 0.05) is 49.1 Å². The van der Waals surface area contributed by atoms with Crippen LogP contribution in [-0.4, -0.2) is 20.0 Å². The molecular weight excluding hydrogens is 411 g/mol. The van der Waals surface area contributed by atoms with E-state index in [0.29, 0.717) is 27.5 Å². The maximum atomic E-state index is 14.4. The van der Waals surface area contributed by atoms with E-state index >= 15 is 0 Å². The number of hydrogen-bond acceptors (Lipinski definition) is 4. The zero-order chi connectivity index (χ0) is 21.3. The Kier molecular flexibility index (Phi) is 5.41. The normalized spacial score (nSPS) is 12.2. The zero-order valence-electron chi connectivity index (χ0n) is 16.0. The maximum absolute atomic E-state index is 14.4. The molecule has 0 aliphatic carbocycles. The van der Waals surface area contributed by atoms with Crippen LogP contribution in [0, 0.1) is 5.82 Å². The van der Waals surface area contributed by atoms with Crippen molar-refractivity contribution in [2.24, 2.45) is 7.05 Å². The summed E-state index contributed by atoms with van der Waals surface area (Å²) in [6.07, 6.45) is 3.29. The lowest BCUT2D eigenvalue weighted by atomic mass is 10.1. The molecule has 30 heavy (non-hydrogen) atoms. The van der Waals surface area contributed by atoms with Crippen LogP contribution in [0.2, 0.25) is 5.02 Å². The Morgan fingerprint density at radius 2 is 2.10 bits per heavy atom. The van der Waals surface area contributed by atoms with Gasteiger partial charge in [0.2, 0.25) is 5.91 Å². The fraction of sp³-hybridized carbons (Fsp3) is 0.190. The van der Waals surface area contributed by atoms with E-state index in [1.165, 1.54) is 10.6 Å². The van der Waals surface area contributed by atoms with Crippen LogP contribution in [0.5, 0.6) is 0 Å². The first kappa shape index (κ1) is 19.9. The van der Waals surface area contributed by atoms with Gasteiger partial charge >= 0.3 is 5.76 Å². The first-order valence-corrected chi connectivity index (χ1v) is 9.61. The Morgan fingerprint density at radius 3 is 2.83 bits per heavy atom. The lowest BCUT2D eigenvalue weighted by Crippen LogP contribution is -2.32. The molecule has 2 aromatic carbocycles. The van der Waals surface area contributed by atoms with Crippen molar-refractivity contribution in [1.29, 1.82) is 0 Å². The van der Waals surface area contributed by atoms with Gasteiger partial charge in [-0.25, -0.2) is 14.2 Å². The predicted octanol–water partition coefficient (Wildman–Crippen LogP) is 3.42. The van der Waals surface area contributed by atoms with Gasteiger partial charge in [-0.3, -0.25) is 9.36 Å². The fourth-order valence-electron chi connectivity index (χ4n) is 3.34. The van der Waals surface area contributed by atoms with Crippen LogP contribution >= 0.6 is 11.6 Å². The Bertz CT molecular complexity index is 1280. The molecule has 154 valence electrons. The molecule has 2 heterocycles. The van der Waals surface area contributed by atoms with Crippen LogP contribution in [0.25, 0.3) is 11.1 Å². The summed E-state index contributed by atoms with van der Waals surface area (Å²) in [5.74, 6) is -0.884. The first-order valence-electron chi connectivity index (χ1n) is 9.24. The Morgan fingerprint density at radius 1 is 1.30 bits per heavy atom. The highest BCUT2D eigenvalue weighted by molar-refractivity contribution is 6.31. The summed E-state index contributed by atoms with van der Waals surface area (Å²) in [4.78, 5) is 29.1. The molecule has 0 radical (unpaired) electrons. The number of amides is 1. The number of oxazole rings is 1. The Hall–Kier alpha value is -3.39. The summed E-state index contributed by atoms with van der Waals surface area (Å²) in [6.45, 7) is 0.101. The SMILES string of the molecule is Cn1ccnc1[C@H](NC(=O)CCn1c(=O)oc2cc(Cl)ccc21)c1ccccc1F. The lowest BCUT2D eigenvalue weighted by molar-refractivity contribution is -0.121. The Labute approximate surface area is 175 Å². The minimum absolute atomic E-state index is 0.00740.